The third-order valence-corrected chi connectivity index (χ3v) is 3.82. The molecule has 1 amide bonds. The first-order chi connectivity index (χ1) is 10.8. The topological polar surface area (TPSA) is 80.9 Å². The van der Waals surface area contributed by atoms with Crippen molar-refractivity contribution < 1.29 is 9.32 Å². The Labute approximate surface area is 131 Å². The van der Waals surface area contributed by atoms with Crippen LogP contribution in [0.15, 0.2) is 46.6 Å². The van der Waals surface area contributed by atoms with E-state index in [4.69, 9.17) is 4.52 Å². The second-order valence-electron chi connectivity index (χ2n) is 4.63. The van der Waals surface area contributed by atoms with E-state index in [9.17, 15) is 4.79 Å². The third kappa shape index (κ3) is 3.76. The smallest absolute Gasteiger partial charge is 0.226 e. The first-order valence-electron chi connectivity index (χ1n) is 6.87. The van der Waals surface area contributed by atoms with Gasteiger partial charge in [0.1, 0.15) is 0 Å². The van der Waals surface area contributed by atoms with Gasteiger partial charge in [0.15, 0.2) is 0 Å². The molecular weight excluding hydrogens is 300 g/mol. The average molecular weight is 314 g/mol. The van der Waals surface area contributed by atoms with Crippen molar-refractivity contribution >= 4 is 22.9 Å². The van der Waals surface area contributed by atoms with Gasteiger partial charge in [-0.15, -0.1) is 11.3 Å². The van der Waals surface area contributed by atoms with Gasteiger partial charge in [-0.05, 0) is 30.0 Å². The van der Waals surface area contributed by atoms with Gasteiger partial charge in [-0.25, -0.2) is 0 Å². The fraction of sp³-hybridized carbons (Fsp3) is 0.200. The molecule has 0 aliphatic rings. The highest BCUT2D eigenvalue weighted by molar-refractivity contribution is 7.13. The van der Waals surface area contributed by atoms with Gasteiger partial charge in [0.05, 0.1) is 16.8 Å². The lowest BCUT2D eigenvalue weighted by atomic mass is 10.2. The molecule has 0 radical (unpaired) electrons. The normalized spacial score (nSPS) is 10.5. The Balaban J connectivity index is 1.46. The molecule has 3 rings (SSSR count). The summed E-state index contributed by atoms with van der Waals surface area (Å²) in [6.07, 6.45) is 4.90. The molecule has 0 spiro atoms. The highest BCUT2D eigenvalue weighted by Gasteiger charge is 2.10. The third-order valence-electron chi connectivity index (χ3n) is 2.95. The van der Waals surface area contributed by atoms with Crippen LogP contribution in [0, 0.1) is 0 Å². The molecule has 0 saturated carbocycles. The second-order valence-corrected chi connectivity index (χ2v) is 5.58. The first-order valence-corrected chi connectivity index (χ1v) is 7.75. The van der Waals surface area contributed by atoms with Crippen molar-refractivity contribution in [1.82, 2.24) is 15.1 Å². The highest BCUT2D eigenvalue weighted by Crippen LogP contribution is 2.21. The molecule has 3 aromatic heterocycles. The van der Waals surface area contributed by atoms with Crippen LogP contribution < -0.4 is 5.32 Å². The second kappa shape index (κ2) is 6.95. The van der Waals surface area contributed by atoms with Gasteiger partial charge in [0.25, 0.3) is 0 Å². The Morgan fingerprint density at radius 3 is 3.05 bits per heavy atom. The van der Waals surface area contributed by atoms with Gasteiger partial charge in [-0.1, -0.05) is 11.2 Å². The summed E-state index contributed by atoms with van der Waals surface area (Å²) in [5.41, 5.74) is 0.699. The van der Waals surface area contributed by atoms with Crippen LogP contribution in [-0.2, 0) is 11.2 Å². The number of nitrogens with one attached hydrogen (secondary N) is 1. The SMILES string of the molecule is O=C(CCCc1nc(-c2cccs2)no1)Nc1cccnc1. The van der Waals surface area contributed by atoms with Crippen molar-refractivity contribution in [2.75, 3.05) is 5.32 Å². The van der Waals surface area contributed by atoms with Crippen LogP contribution >= 0.6 is 11.3 Å². The Morgan fingerprint density at radius 2 is 2.27 bits per heavy atom. The predicted octanol–water partition coefficient (Wildman–Crippen LogP) is 3.15. The predicted molar refractivity (Wildman–Crippen MR) is 83.4 cm³/mol. The van der Waals surface area contributed by atoms with E-state index in [-0.39, 0.29) is 5.91 Å². The number of rotatable bonds is 6. The van der Waals surface area contributed by atoms with E-state index in [1.54, 1.807) is 35.9 Å². The number of pyridine rings is 1. The number of carbonyl (C=O) groups is 1. The first kappa shape index (κ1) is 14.4. The summed E-state index contributed by atoms with van der Waals surface area (Å²) < 4.78 is 5.19. The molecule has 0 bridgehead atoms. The summed E-state index contributed by atoms with van der Waals surface area (Å²) >= 11 is 1.56. The maximum atomic E-state index is 11.8. The van der Waals surface area contributed by atoms with E-state index >= 15 is 0 Å². The number of aromatic nitrogens is 3. The fourth-order valence-corrected chi connectivity index (χ4v) is 2.57. The van der Waals surface area contributed by atoms with E-state index in [1.807, 2.05) is 17.5 Å². The standard InChI is InChI=1S/C15H14N4O2S/c20-13(17-11-4-2-8-16-10-11)6-1-7-14-18-15(19-21-14)12-5-3-9-22-12/h2-5,8-10H,1,6-7H2,(H,17,20). The molecule has 3 aromatic rings. The molecule has 3 heterocycles. The van der Waals surface area contributed by atoms with Crippen LogP contribution in [0.25, 0.3) is 10.7 Å². The summed E-state index contributed by atoms with van der Waals surface area (Å²) in [6, 6.07) is 7.47. The zero-order chi connectivity index (χ0) is 15.2. The number of thiophene rings is 1. The molecule has 0 aromatic carbocycles. The van der Waals surface area contributed by atoms with Crippen LogP contribution in [-0.4, -0.2) is 21.0 Å². The molecule has 7 heteroatoms. The van der Waals surface area contributed by atoms with Gasteiger partial charge in [-0.2, -0.15) is 4.98 Å². The maximum absolute atomic E-state index is 11.8. The van der Waals surface area contributed by atoms with Crippen LogP contribution in [0.3, 0.4) is 0 Å². The Hall–Kier alpha value is -2.54. The lowest BCUT2D eigenvalue weighted by Gasteiger charge is -2.03. The number of nitrogens with zero attached hydrogens (tertiary/aromatic N) is 3. The van der Waals surface area contributed by atoms with Gasteiger partial charge in [-0.3, -0.25) is 9.78 Å². The molecule has 1 N–H and O–H groups in total. The molecule has 0 unspecified atom stereocenters. The largest absolute Gasteiger partial charge is 0.339 e. The van der Waals surface area contributed by atoms with Crippen molar-refractivity contribution in [3.8, 4) is 10.7 Å². The number of hydrogen-bond acceptors (Lipinski definition) is 6. The number of anilines is 1. The average Bonchev–Trinajstić information content (AvgIpc) is 3.19. The van der Waals surface area contributed by atoms with Gasteiger partial charge < -0.3 is 9.84 Å². The van der Waals surface area contributed by atoms with Crippen LogP contribution in [0.4, 0.5) is 5.69 Å². The van der Waals surface area contributed by atoms with Crippen LogP contribution in [0.5, 0.6) is 0 Å². The van der Waals surface area contributed by atoms with Crippen molar-refractivity contribution in [1.29, 1.82) is 0 Å². The molecule has 112 valence electrons. The zero-order valence-corrected chi connectivity index (χ0v) is 12.5. The van der Waals surface area contributed by atoms with E-state index < -0.39 is 0 Å². The molecule has 0 atom stereocenters. The molecule has 0 aliphatic carbocycles. The quantitative estimate of drug-likeness (QED) is 0.756. The Kier molecular flexibility index (Phi) is 4.55. The van der Waals surface area contributed by atoms with Crippen LogP contribution in [0.1, 0.15) is 18.7 Å². The molecular formula is C15H14N4O2S. The van der Waals surface area contributed by atoms with Crippen molar-refractivity contribution in [3.63, 3.8) is 0 Å². The fourth-order valence-electron chi connectivity index (χ4n) is 1.92. The van der Waals surface area contributed by atoms with E-state index in [2.05, 4.69) is 20.4 Å². The number of carbonyl (C=O) groups excluding carboxylic acids is 1. The Morgan fingerprint density at radius 1 is 1.32 bits per heavy atom. The maximum Gasteiger partial charge on any atom is 0.226 e. The zero-order valence-electron chi connectivity index (χ0n) is 11.7. The van der Waals surface area contributed by atoms with Gasteiger partial charge in [0.2, 0.25) is 17.6 Å². The lowest BCUT2D eigenvalue weighted by molar-refractivity contribution is -0.116. The number of amides is 1. The van der Waals surface area contributed by atoms with Crippen LogP contribution in [0.2, 0.25) is 0 Å². The van der Waals surface area contributed by atoms with Crippen molar-refractivity contribution in [2.45, 2.75) is 19.3 Å². The minimum absolute atomic E-state index is 0.0500. The Bertz CT molecular complexity index is 725. The lowest BCUT2D eigenvalue weighted by Crippen LogP contribution is -2.11. The van der Waals surface area contributed by atoms with E-state index in [0.717, 1.165) is 4.88 Å². The summed E-state index contributed by atoms with van der Waals surface area (Å²) in [6.45, 7) is 0. The number of aryl methyl sites for hydroxylation is 1. The minimum atomic E-state index is -0.0500. The summed E-state index contributed by atoms with van der Waals surface area (Å²) in [5.74, 6) is 1.10. The molecule has 22 heavy (non-hydrogen) atoms. The summed E-state index contributed by atoms with van der Waals surface area (Å²) in [4.78, 5) is 21.0. The minimum Gasteiger partial charge on any atom is -0.339 e. The molecule has 0 fully saturated rings. The summed E-state index contributed by atoms with van der Waals surface area (Å²) in [7, 11) is 0. The highest BCUT2D eigenvalue weighted by atomic mass is 32.1. The van der Waals surface area contributed by atoms with E-state index in [1.165, 1.54) is 0 Å². The summed E-state index contributed by atoms with van der Waals surface area (Å²) in [5, 5.41) is 8.70. The van der Waals surface area contributed by atoms with Gasteiger partial charge >= 0.3 is 0 Å². The van der Waals surface area contributed by atoms with E-state index in [0.29, 0.717) is 36.7 Å². The van der Waals surface area contributed by atoms with Gasteiger partial charge in [0, 0.05) is 19.0 Å². The molecule has 6 nitrogen and oxygen atoms in total. The van der Waals surface area contributed by atoms with Crippen molar-refractivity contribution in [2.24, 2.45) is 0 Å². The molecule has 0 saturated heterocycles. The van der Waals surface area contributed by atoms with Crippen molar-refractivity contribution in [3.05, 3.63) is 47.9 Å². The molecule has 0 aliphatic heterocycles. The number of hydrogen-bond donors (Lipinski definition) is 1. The monoisotopic (exact) mass is 314 g/mol.